The summed E-state index contributed by atoms with van der Waals surface area (Å²) in [6, 6.07) is 6.31. The first kappa shape index (κ1) is 14.3. The first-order valence-electron chi connectivity index (χ1n) is 6.34. The number of benzene rings is 1. The molecule has 0 aliphatic heterocycles. The molecule has 1 aromatic carbocycles. The Kier molecular flexibility index (Phi) is 4.95. The third-order valence-corrected chi connectivity index (χ3v) is 2.64. The number of hydrogen-bond donors (Lipinski definition) is 0. The molecule has 0 heterocycles. The smallest absolute Gasteiger partial charge is 0.432 e. The average Bonchev–Trinajstić information content (AvgIpc) is 3.23. The van der Waals surface area contributed by atoms with Crippen molar-refractivity contribution in [1.29, 1.82) is 0 Å². The predicted molar refractivity (Wildman–Crippen MR) is 68.7 cm³/mol. The van der Waals surface area contributed by atoms with Gasteiger partial charge in [-0.2, -0.15) is 0 Å². The number of esters is 1. The van der Waals surface area contributed by atoms with Gasteiger partial charge in [-0.3, -0.25) is 4.79 Å². The first-order chi connectivity index (χ1) is 9.69. The zero-order valence-electron chi connectivity index (χ0n) is 11.2. The highest BCUT2D eigenvalue weighted by molar-refractivity contribution is 5.77. The van der Waals surface area contributed by atoms with Gasteiger partial charge in [0.1, 0.15) is 18.1 Å². The van der Waals surface area contributed by atoms with E-state index < -0.39 is 6.16 Å². The van der Waals surface area contributed by atoms with E-state index in [0.29, 0.717) is 12.4 Å². The fourth-order valence-corrected chi connectivity index (χ4v) is 1.45. The maximum absolute atomic E-state index is 11.5. The molecule has 0 N–H and O–H groups in total. The van der Waals surface area contributed by atoms with Gasteiger partial charge in [0.05, 0.1) is 12.5 Å². The van der Waals surface area contributed by atoms with Crippen molar-refractivity contribution >= 4 is 12.1 Å². The van der Waals surface area contributed by atoms with Gasteiger partial charge in [0, 0.05) is 13.2 Å². The largest absolute Gasteiger partial charge is 0.513 e. The Morgan fingerprint density at radius 1 is 1.15 bits per heavy atom. The molecule has 2 rings (SSSR count). The molecule has 0 atom stereocenters. The van der Waals surface area contributed by atoms with Gasteiger partial charge in [-0.1, -0.05) is 6.07 Å². The van der Waals surface area contributed by atoms with Crippen molar-refractivity contribution in [3.05, 3.63) is 24.3 Å². The van der Waals surface area contributed by atoms with Crippen molar-refractivity contribution in [1.82, 2.24) is 0 Å². The molecule has 0 aromatic heterocycles. The molecule has 6 heteroatoms. The molecule has 1 aliphatic carbocycles. The van der Waals surface area contributed by atoms with Crippen LogP contribution in [0.5, 0.6) is 11.5 Å². The molecule has 1 aliphatic rings. The number of carbonyl (C=O) groups excluding carboxylic acids is 2. The lowest BCUT2D eigenvalue weighted by molar-refractivity contribution is -0.135. The van der Waals surface area contributed by atoms with Crippen molar-refractivity contribution in [2.24, 2.45) is 5.92 Å². The van der Waals surface area contributed by atoms with Crippen LogP contribution in [0.4, 0.5) is 4.79 Å². The minimum absolute atomic E-state index is 0.0126. The maximum Gasteiger partial charge on any atom is 0.513 e. The zero-order valence-corrected chi connectivity index (χ0v) is 11.2. The molecular weight excluding hydrogens is 264 g/mol. The van der Waals surface area contributed by atoms with Crippen LogP contribution in [0.2, 0.25) is 0 Å². The Bertz CT molecular complexity index is 480. The lowest BCUT2D eigenvalue weighted by Crippen LogP contribution is -2.14. The summed E-state index contributed by atoms with van der Waals surface area (Å²) >= 11 is 0. The molecule has 0 saturated heterocycles. The van der Waals surface area contributed by atoms with Crippen molar-refractivity contribution in [3.8, 4) is 11.5 Å². The summed E-state index contributed by atoms with van der Waals surface area (Å²) in [6.45, 7) is 0.416. The van der Waals surface area contributed by atoms with E-state index in [-0.39, 0.29) is 24.2 Å². The van der Waals surface area contributed by atoms with E-state index in [1.165, 1.54) is 13.2 Å². The molecule has 0 unspecified atom stereocenters. The predicted octanol–water partition coefficient (Wildman–Crippen LogP) is 2.16. The third-order valence-electron chi connectivity index (χ3n) is 2.64. The highest BCUT2D eigenvalue weighted by atomic mass is 16.7. The van der Waals surface area contributed by atoms with Crippen LogP contribution < -0.4 is 9.47 Å². The maximum atomic E-state index is 11.5. The van der Waals surface area contributed by atoms with E-state index in [1.54, 1.807) is 18.2 Å². The van der Waals surface area contributed by atoms with Crippen molar-refractivity contribution in [3.63, 3.8) is 0 Å². The summed E-state index contributed by atoms with van der Waals surface area (Å²) < 4.78 is 19.6. The summed E-state index contributed by atoms with van der Waals surface area (Å²) in [5.41, 5.74) is 0. The molecule has 0 spiro atoms. The number of hydrogen-bond acceptors (Lipinski definition) is 6. The number of rotatable bonds is 6. The Morgan fingerprint density at radius 2 is 1.85 bits per heavy atom. The van der Waals surface area contributed by atoms with E-state index in [2.05, 4.69) is 0 Å². The molecular formula is C14H16O6. The summed E-state index contributed by atoms with van der Waals surface area (Å²) in [7, 11) is 1.51. The fraction of sp³-hybridized carbons (Fsp3) is 0.429. The van der Waals surface area contributed by atoms with Crippen LogP contribution in [0, 0.1) is 5.92 Å². The van der Waals surface area contributed by atoms with Gasteiger partial charge in [0.25, 0.3) is 0 Å². The standard InChI is InChI=1S/C14H16O6/c1-17-7-8-18-14(16)20-12-4-2-3-11(9-12)19-13(15)10-5-6-10/h2-4,9-10H,5-8H2,1H3. The van der Waals surface area contributed by atoms with Gasteiger partial charge in [-0.05, 0) is 25.0 Å². The van der Waals surface area contributed by atoms with Crippen molar-refractivity contribution < 1.29 is 28.5 Å². The molecule has 0 radical (unpaired) electrons. The minimum atomic E-state index is -0.826. The van der Waals surface area contributed by atoms with Crippen LogP contribution in [0.3, 0.4) is 0 Å². The van der Waals surface area contributed by atoms with E-state index in [0.717, 1.165) is 12.8 Å². The molecule has 108 valence electrons. The Balaban J connectivity index is 1.85. The summed E-state index contributed by atoms with van der Waals surface area (Å²) in [4.78, 5) is 22.8. The SMILES string of the molecule is COCCOC(=O)Oc1cccc(OC(=O)C2CC2)c1. The zero-order chi connectivity index (χ0) is 14.4. The number of carbonyl (C=O) groups is 2. The number of methoxy groups -OCH3 is 1. The van der Waals surface area contributed by atoms with Crippen LogP contribution in [-0.2, 0) is 14.3 Å². The van der Waals surface area contributed by atoms with E-state index in [1.807, 2.05) is 0 Å². The molecule has 6 nitrogen and oxygen atoms in total. The average molecular weight is 280 g/mol. The molecule has 1 aromatic rings. The summed E-state index contributed by atoms with van der Waals surface area (Å²) in [5, 5.41) is 0. The van der Waals surface area contributed by atoms with Crippen LogP contribution >= 0.6 is 0 Å². The molecule has 1 saturated carbocycles. The lowest BCUT2D eigenvalue weighted by atomic mass is 10.3. The number of ether oxygens (including phenoxy) is 4. The fourth-order valence-electron chi connectivity index (χ4n) is 1.45. The van der Waals surface area contributed by atoms with Crippen LogP contribution in [0.15, 0.2) is 24.3 Å². The quantitative estimate of drug-likeness (QED) is 0.344. The molecule has 0 bridgehead atoms. The van der Waals surface area contributed by atoms with Gasteiger partial charge in [0.2, 0.25) is 0 Å². The van der Waals surface area contributed by atoms with Crippen molar-refractivity contribution in [2.45, 2.75) is 12.8 Å². The van der Waals surface area contributed by atoms with E-state index in [4.69, 9.17) is 18.9 Å². The van der Waals surface area contributed by atoms with Crippen LogP contribution in [-0.4, -0.2) is 32.4 Å². The summed E-state index contributed by atoms with van der Waals surface area (Å²) in [5.74, 6) is 0.376. The molecule has 1 fully saturated rings. The second kappa shape index (κ2) is 6.91. The lowest BCUT2D eigenvalue weighted by Gasteiger charge is -2.07. The highest BCUT2D eigenvalue weighted by Crippen LogP contribution is 2.31. The third kappa shape index (κ3) is 4.55. The van der Waals surface area contributed by atoms with Gasteiger partial charge in [-0.15, -0.1) is 0 Å². The normalized spacial score (nSPS) is 13.7. The van der Waals surface area contributed by atoms with E-state index in [9.17, 15) is 9.59 Å². The molecule has 20 heavy (non-hydrogen) atoms. The van der Waals surface area contributed by atoms with Gasteiger partial charge < -0.3 is 18.9 Å². The molecule has 0 amide bonds. The first-order valence-corrected chi connectivity index (χ1v) is 6.34. The Hall–Kier alpha value is -2.08. The van der Waals surface area contributed by atoms with Gasteiger partial charge in [0.15, 0.2) is 0 Å². The van der Waals surface area contributed by atoms with E-state index >= 15 is 0 Å². The monoisotopic (exact) mass is 280 g/mol. The Morgan fingerprint density at radius 3 is 2.50 bits per heavy atom. The highest BCUT2D eigenvalue weighted by Gasteiger charge is 2.31. The van der Waals surface area contributed by atoms with Gasteiger partial charge >= 0.3 is 12.1 Å². The van der Waals surface area contributed by atoms with Crippen LogP contribution in [0.1, 0.15) is 12.8 Å². The van der Waals surface area contributed by atoms with Crippen LogP contribution in [0.25, 0.3) is 0 Å². The minimum Gasteiger partial charge on any atom is -0.432 e. The Labute approximate surface area is 116 Å². The second-order valence-corrected chi connectivity index (χ2v) is 4.36. The topological polar surface area (TPSA) is 71.1 Å². The summed E-state index contributed by atoms with van der Waals surface area (Å²) in [6.07, 6.45) is 0.925. The second-order valence-electron chi connectivity index (χ2n) is 4.36. The van der Waals surface area contributed by atoms with Gasteiger partial charge in [-0.25, -0.2) is 4.79 Å². The van der Waals surface area contributed by atoms with Crippen molar-refractivity contribution in [2.75, 3.05) is 20.3 Å².